The van der Waals surface area contributed by atoms with Crippen LogP contribution in [0.1, 0.15) is 27.4 Å². The van der Waals surface area contributed by atoms with Crippen molar-refractivity contribution in [1.29, 1.82) is 0 Å². The van der Waals surface area contributed by atoms with E-state index in [9.17, 15) is 4.79 Å². The van der Waals surface area contributed by atoms with E-state index in [1.807, 2.05) is 19.1 Å². The molecule has 0 spiro atoms. The molecule has 0 aromatic carbocycles. The maximum Gasteiger partial charge on any atom is 0.264 e. The van der Waals surface area contributed by atoms with E-state index in [1.54, 1.807) is 4.90 Å². The zero-order valence-electron chi connectivity index (χ0n) is 8.77. The van der Waals surface area contributed by atoms with E-state index in [-0.39, 0.29) is 18.6 Å². The van der Waals surface area contributed by atoms with Gasteiger partial charge in [0.15, 0.2) is 0 Å². The Morgan fingerprint density at radius 1 is 1.67 bits per heavy atom. The van der Waals surface area contributed by atoms with Gasteiger partial charge in [0.1, 0.15) is 0 Å². The summed E-state index contributed by atoms with van der Waals surface area (Å²) in [6, 6.07) is 3.86. The number of amides is 1. The van der Waals surface area contributed by atoms with Gasteiger partial charge in [-0.1, -0.05) is 0 Å². The van der Waals surface area contributed by atoms with Crippen LogP contribution in [0.4, 0.5) is 0 Å². The largest absolute Gasteiger partial charge is 0.394 e. The molecule has 1 aromatic rings. The number of aliphatic hydroxyl groups excluding tert-OH is 1. The van der Waals surface area contributed by atoms with Crippen molar-refractivity contribution in [2.45, 2.75) is 25.8 Å². The first kappa shape index (κ1) is 10.6. The lowest BCUT2D eigenvalue weighted by Crippen LogP contribution is -2.37. The van der Waals surface area contributed by atoms with Gasteiger partial charge in [-0.05, 0) is 31.9 Å². The molecule has 0 radical (unpaired) electrons. The van der Waals surface area contributed by atoms with Gasteiger partial charge < -0.3 is 10.0 Å². The Morgan fingerprint density at radius 3 is 3.07 bits per heavy atom. The summed E-state index contributed by atoms with van der Waals surface area (Å²) >= 11 is 1.52. The lowest BCUT2D eigenvalue weighted by atomic mass is 10.2. The number of likely N-dealkylation sites (tertiary alicyclic amines) is 1. The van der Waals surface area contributed by atoms with E-state index in [0.717, 1.165) is 29.1 Å². The maximum absolute atomic E-state index is 12.1. The minimum atomic E-state index is 0.0277. The number of nitrogens with zero attached hydrogens (tertiary/aromatic N) is 1. The van der Waals surface area contributed by atoms with Crippen molar-refractivity contribution in [1.82, 2.24) is 4.90 Å². The molecular formula is C11H15NO2S. The zero-order valence-corrected chi connectivity index (χ0v) is 9.59. The second kappa shape index (κ2) is 4.33. The van der Waals surface area contributed by atoms with Crippen LogP contribution in [0.15, 0.2) is 12.1 Å². The molecule has 1 aliphatic heterocycles. The normalized spacial score (nSPS) is 20.9. The third-order valence-electron chi connectivity index (χ3n) is 2.80. The monoisotopic (exact) mass is 225 g/mol. The molecule has 1 fully saturated rings. The van der Waals surface area contributed by atoms with Gasteiger partial charge in [-0.3, -0.25) is 4.79 Å². The fourth-order valence-corrected chi connectivity index (χ4v) is 2.81. The number of carbonyl (C=O) groups is 1. The van der Waals surface area contributed by atoms with Crippen LogP contribution < -0.4 is 0 Å². The highest BCUT2D eigenvalue weighted by molar-refractivity contribution is 7.13. The Kier molecular flexibility index (Phi) is 3.07. The van der Waals surface area contributed by atoms with Crippen LogP contribution in [-0.2, 0) is 0 Å². The third-order valence-corrected chi connectivity index (χ3v) is 3.79. The molecule has 1 atom stereocenters. The molecule has 15 heavy (non-hydrogen) atoms. The highest BCUT2D eigenvalue weighted by Crippen LogP contribution is 2.23. The van der Waals surface area contributed by atoms with Crippen molar-refractivity contribution in [3.63, 3.8) is 0 Å². The molecule has 82 valence electrons. The molecule has 1 N–H and O–H groups in total. The van der Waals surface area contributed by atoms with E-state index in [2.05, 4.69) is 0 Å². The van der Waals surface area contributed by atoms with E-state index >= 15 is 0 Å². The molecule has 1 aromatic heterocycles. The van der Waals surface area contributed by atoms with Crippen molar-refractivity contribution in [3.05, 3.63) is 21.9 Å². The van der Waals surface area contributed by atoms with E-state index in [1.165, 1.54) is 11.3 Å². The topological polar surface area (TPSA) is 40.5 Å². The van der Waals surface area contributed by atoms with Crippen molar-refractivity contribution < 1.29 is 9.90 Å². The summed E-state index contributed by atoms with van der Waals surface area (Å²) in [5.74, 6) is 0.0738. The molecule has 1 aliphatic rings. The Hall–Kier alpha value is -0.870. The number of carbonyl (C=O) groups excluding carboxylic acids is 1. The molecule has 2 heterocycles. The van der Waals surface area contributed by atoms with Gasteiger partial charge in [0.25, 0.3) is 5.91 Å². The molecule has 0 aliphatic carbocycles. The molecule has 0 saturated carbocycles. The lowest BCUT2D eigenvalue weighted by molar-refractivity contribution is 0.0682. The summed E-state index contributed by atoms with van der Waals surface area (Å²) < 4.78 is 0. The Balaban J connectivity index is 2.13. The summed E-state index contributed by atoms with van der Waals surface area (Å²) in [7, 11) is 0. The van der Waals surface area contributed by atoms with Crippen LogP contribution in [0.5, 0.6) is 0 Å². The predicted octanol–water partition coefficient (Wildman–Crippen LogP) is 1.65. The minimum absolute atomic E-state index is 0.0277. The number of aliphatic hydroxyl groups is 1. The molecule has 1 amide bonds. The summed E-state index contributed by atoms with van der Waals surface area (Å²) in [5.41, 5.74) is 0. The summed E-state index contributed by atoms with van der Waals surface area (Å²) in [6.07, 6.45) is 1.92. The number of rotatable bonds is 2. The molecule has 1 saturated heterocycles. The molecule has 0 bridgehead atoms. The van der Waals surface area contributed by atoms with Crippen LogP contribution in [0, 0.1) is 6.92 Å². The summed E-state index contributed by atoms with van der Waals surface area (Å²) in [5, 5.41) is 9.15. The summed E-state index contributed by atoms with van der Waals surface area (Å²) in [6.45, 7) is 2.85. The average Bonchev–Trinajstić information content (AvgIpc) is 2.84. The number of hydrogen-bond donors (Lipinski definition) is 1. The van der Waals surface area contributed by atoms with Crippen LogP contribution in [-0.4, -0.2) is 35.1 Å². The van der Waals surface area contributed by atoms with E-state index in [4.69, 9.17) is 5.11 Å². The molecule has 2 rings (SSSR count). The van der Waals surface area contributed by atoms with Crippen molar-refractivity contribution in [2.24, 2.45) is 0 Å². The van der Waals surface area contributed by atoms with Gasteiger partial charge in [-0.15, -0.1) is 11.3 Å². The first-order chi connectivity index (χ1) is 7.22. The average molecular weight is 225 g/mol. The molecule has 0 unspecified atom stereocenters. The third kappa shape index (κ3) is 2.06. The van der Waals surface area contributed by atoms with Crippen molar-refractivity contribution in [3.8, 4) is 0 Å². The molecular weight excluding hydrogens is 210 g/mol. The molecule has 4 heteroatoms. The van der Waals surface area contributed by atoms with Crippen LogP contribution in [0.25, 0.3) is 0 Å². The van der Waals surface area contributed by atoms with E-state index in [0.29, 0.717) is 0 Å². The second-order valence-electron chi connectivity index (χ2n) is 3.89. The standard InChI is InChI=1S/C11H15NO2S/c1-8-4-5-10(15-8)11(14)12-6-2-3-9(12)7-13/h4-5,9,13H,2-3,6-7H2,1H3/t9-/m1/s1. The Labute approximate surface area is 93.3 Å². The van der Waals surface area contributed by atoms with Gasteiger partial charge in [-0.25, -0.2) is 0 Å². The minimum Gasteiger partial charge on any atom is -0.394 e. The Morgan fingerprint density at radius 2 is 2.47 bits per heavy atom. The number of thiophene rings is 1. The second-order valence-corrected chi connectivity index (χ2v) is 5.18. The van der Waals surface area contributed by atoms with Gasteiger partial charge in [0.05, 0.1) is 17.5 Å². The number of aryl methyl sites for hydroxylation is 1. The van der Waals surface area contributed by atoms with Crippen LogP contribution in [0.2, 0.25) is 0 Å². The summed E-state index contributed by atoms with van der Waals surface area (Å²) in [4.78, 5) is 15.8. The highest BCUT2D eigenvalue weighted by atomic mass is 32.1. The fraction of sp³-hybridized carbons (Fsp3) is 0.545. The van der Waals surface area contributed by atoms with Crippen molar-refractivity contribution >= 4 is 17.2 Å². The van der Waals surface area contributed by atoms with E-state index < -0.39 is 0 Å². The van der Waals surface area contributed by atoms with Gasteiger partial charge in [-0.2, -0.15) is 0 Å². The maximum atomic E-state index is 12.1. The van der Waals surface area contributed by atoms with Crippen molar-refractivity contribution in [2.75, 3.05) is 13.2 Å². The van der Waals surface area contributed by atoms with Crippen LogP contribution in [0.3, 0.4) is 0 Å². The Bertz CT molecular complexity index is 361. The lowest BCUT2D eigenvalue weighted by Gasteiger charge is -2.22. The molecule has 3 nitrogen and oxygen atoms in total. The van der Waals surface area contributed by atoms with Gasteiger partial charge >= 0.3 is 0 Å². The zero-order chi connectivity index (χ0) is 10.8. The quantitative estimate of drug-likeness (QED) is 0.831. The first-order valence-electron chi connectivity index (χ1n) is 5.20. The smallest absolute Gasteiger partial charge is 0.264 e. The van der Waals surface area contributed by atoms with Gasteiger partial charge in [0.2, 0.25) is 0 Å². The van der Waals surface area contributed by atoms with Gasteiger partial charge in [0, 0.05) is 11.4 Å². The highest BCUT2D eigenvalue weighted by Gasteiger charge is 2.29. The SMILES string of the molecule is Cc1ccc(C(=O)N2CCC[C@@H]2CO)s1. The predicted molar refractivity (Wildman–Crippen MR) is 60.2 cm³/mol. The fourth-order valence-electron chi connectivity index (χ4n) is 1.98. The van der Waals surface area contributed by atoms with Crippen LogP contribution >= 0.6 is 11.3 Å². The first-order valence-corrected chi connectivity index (χ1v) is 6.02. The number of hydrogen-bond acceptors (Lipinski definition) is 3.